The predicted molar refractivity (Wildman–Crippen MR) is 78.7 cm³/mol. The molecule has 112 valence electrons. The third-order valence-electron chi connectivity index (χ3n) is 4.83. The van der Waals surface area contributed by atoms with Gasteiger partial charge in [0.25, 0.3) is 0 Å². The number of nitrogens with two attached hydrogens (primary N) is 1. The van der Waals surface area contributed by atoms with E-state index in [0.29, 0.717) is 12.5 Å². The fourth-order valence-electron chi connectivity index (χ4n) is 3.43. The molecule has 0 spiro atoms. The maximum atomic E-state index is 12.7. The zero-order valence-corrected chi connectivity index (χ0v) is 13.0. The number of allylic oxidation sites excluding steroid dienone is 2. The highest BCUT2D eigenvalue weighted by Gasteiger charge is 2.61. The number of amides is 2. The summed E-state index contributed by atoms with van der Waals surface area (Å²) in [5, 5.41) is 0. The average molecular weight is 278 g/mol. The quantitative estimate of drug-likeness (QED) is 0.802. The molecule has 1 aliphatic carbocycles. The molecule has 2 fully saturated rings. The maximum absolute atomic E-state index is 12.7. The largest absolute Gasteiger partial charge is 0.369 e. The van der Waals surface area contributed by atoms with E-state index in [0.717, 1.165) is 19.4 Å². The molecule has 4 nitrogen and oxygen atoms in total. The van der Waals surface area contributed by atoms with Crippen molar-refractivity contribution < 1.29 is 9.59 Å². The van der Waals surface area contributed by atoms with Gasteiger partial charge in [-0.05, 0) is 38.0 Å². The summed E-state index contributed by atoms with van der Waals surface area (Å²) in [6.45, 7) is 9.70. The van der Waals surface area contributed by atoms with Gasteiger partial charge in [-0.2, -0.15) is 0 Å². The fourth-order valence-corrected chi connectivity index (χ4v) is 3.43. The molecule has 0 unspecified atom stereocenters. The standard InChI is InChI=1S/C16H26N2O2/c1-10(2)8-12-13(16(12,3)4)15(20)18-7-5-6-11(9-18)14(17)19/h8,11-13H,5-7,9H2,1-4H3,(H2,17,19)/t11-,12-,13+/m1/s1. The van der Waals surface area contributed by atoms with Crippen LogP contribution in [0.3, 0.4) is 0 Å². The summed E-state index contributed by atoms with van der Waals surface area (Å²) in [5.41, 5.74) is 6.67. The molecule has 1 saturated carbocycles. The molecule has 0 aromatic rings. The summed E-state index contributed by atoms with van der Waals surface area (Å²) in [6.07, 6.45) is 3.89. The summed E-state index contributed by atoms with van der Waals surface area (Å²) in [7, 11) is 0. The Labute approximate surface area is 121 Å². The molecule has 2 rings (SSSR count). The van der Waals surface area contributed by atoms with Crippen LogP contribution in [0.1, 0.15) is 40.5 Å². The van der Waals surface area contributed by atoms with Gasteiger partial charge < -0.3 is 10.6 Å². The monoisotopic (exact) mass is 278 g/mol. The Morgan fingerprint density at radius 2 is 1.95 bits per heavy atom. The molecule has 4 heteroatoms. The first-order valence-electron chi connectivity index (χ1n) is 7.48. The van der Waals surface area contributed by atoms with Gasteiger partial charge in [0.2, 0.25) is 11.8 Å². The Hall–Kier alpha value is -1.32. The van der Waals surface area contributed by atoms with Gasteiger partial charge in [-0.1, -0.05) is 25.5 Å². The molecule has 2 aliphatic rings. The zero-order valence-electron chi connectivity index (χ0n) is 13.0. The van der Waals surface area contributed by atoms with Crippen molar-refractivity contribution in [1.29, 1.82) is 0 Å². The SMILES string of the molecule is CC(C)=C[C@@H]1[C@@H](C(=O)N2CCC[C@@H](C(N)=O)C2)C1(C)C. The van der Waals surface area contributed by atoms with Crippen molar-refractivity contribution in [2.45, 2.75) is 40.5 Å². The lowest BCUT2D eigenvalue weighted by molar-refractivity contribution is -0.136. The lowest BCUT2D eigenvalue weighted by atomic mass is 9.96. The van der Waals surface area contributed by atoms with E-state index in [1.165, 1.54) is 5.57 Å². The highest BCUT2D eigenvalue weighted by Crippen LogP contribution is 2.60. The number of nitrogens with zero attached hydrogens (tertiary/aromatic N) is 1. The number of carbonyl (C=O) groups excluding carboxylic acids is 2. The minimum absolute atomic E-state index is 0.0357. The average Bonchev–Trinajstić information content (AvgIpc) is 2.89. The molecule has 20 heavy (non-hydrogen) atoms. The number of carbonyl (C=O) groups is 2. The van der Waals surface area contributed by atoms with Crippen molar-refractivity contribution >= 4 is 11.8 Å². The number of likely N-dealkylation sites (tertiary alicyclic amines) is 1. The van der Waals surface area contributed by atoms with Crippen LogP contribution in [0.5, 0.6) is 0 Å². The third kappa shape index (κ3) is 2.74. The van der Waals surface area contributed by atoms with Gasteiger partial charge in [-0.3, -0.25) is 9.59 Å². The second-order valence-electron chi connectivity index (χ2n) is 7.09. The Morgan fingerprint density at radius 3 is 2.50 bits per heavy atom. The second-order valence-corrected chi connectivity index (χ2v) is 7.09. The predicted octanol–water partition coefficient (Wildman–Crippen LogP) is 1.95. The number of rotatable bonds is 3. The highest BCUT2D eigenvalue weighted by molar-refractivity contribution is 5.85. The van der Waals surface area contributed by atoms with Crippen molar-refractivity contribution in [3.63, 3.8) is 0 Å². The molecule has 0 bridgehead atoms. The van der Waals surface area contributed by atoms with Crippen molar-refractivity contribution in [1.82, 2.24) is 4.90 Å². The molecule has 1 heterocycles. The first kappa shape index (κ1) is 15.1. The van der Waals surface area contributed by atoms with E-state index in [1.807, 2.05) is 4.90 Å². The number of hydrogen-bond acceptors (Lipinski definition) is 2. The van der Waals surface area contributed by atoms with Crippen molar-refractivity contribution in [2.24, 2.45) is 28.9 Å². The molecule has 1 aliphatic heterocycles. The summed E-state index contributed by atoms with van der Waals surface area (Å²) in [5.74, 6) is 0.135. The molecule has 1 saturated heterocycles. The minimum Gasteiger partial charge on any atom is -0.369 e. The van der Waals surface area contributed by atoms with Gasteiger partial charge in [0.1, 0.15) is 0 Å². The summed E-state index contributed by atoms with van der Waals surface area (Å²) in [6, 6.07) is 0. The molecule has 2 N–H and O–H groups in total. The summed E-state index contributed by atoms with van der Waals surface area (Å²) in [4.78, 5) is 25.9. The second kappa shape index (κ2) is 5.23. The normalized spacial score (nSPS) is 31.6. The zero-order chi connectivity index (χ0) is 15.1. The summed E-state index contributed by atoms with van der Waals surface area (Å²) >= 11 is 0. The van der Waals surface area contributed by atoms with Crippen molar-refractivity contribution in [2.75, 3.05) is 13.1 Å². The van der Waals surface area contributed by atoms with Crippen LogP contribution in [0.4, 0.5) is 0 Å². The molecular weight excluding hydrogens is 252 g/mol. The Balaban J connectivity index is 2.05. The number of hydrogen-bond donors (Lipinski definition) is 1. The molecule has 0 radical (unpaired) electrons. The molecule has 3 atom stereocenters. The van der Waals surface area contributed by atoms with E-state index in [1.54, 1.807) is 0 Å². The van der Waals surface area contributed by atoms with Crippen LogP contribution in [-0.4, -0.2) is 29.8 Å². The molecule has 2 amide bonds. The number of primary amides is 1. The van der Waals surface area contributed by atoms with E-state index >= 15 is 0 Å². The fraction of sp³-hybridized carbons (Fsp3) is 0.750. The maximum Gasteiger partial charge on any atom is 0.226 e. The minimum atomic E-state index is -0.279. The van der Waals surface area contributed by atoms with E-state index in [4.69, 9.17) is 5.73 Å². The van der Waals surface area contributed by atoms with Crippen LogP contribution < -0.4 is 5.73 Å². The Morgan fingerprint density at radius 1 is 1.30 bits per heavy atom. The van der Waals surface area contributed by atoms with E-state index in [-0.39, 0.29) is 29.1 Å². The van der Waals surface area contributed by atoms with Gasteiger partial charge in [-0.15, -0.1) is 0 Å². The highest BCUT2D eigenvalue weighted by atomic mass is 16.2. The van der Waals surface area contributed by atoms with Crippen LogP contribution in [0, 0.1) is 23.2 Å². The van der Waals surface area contributed by atoms with Gasteiger partial charge in [0.05, 0.1) is 11.8 Å². The van der Waals surface area contributed by atoms with Gasteiger partial charge in [0, 0.05) is 13.1 Å². The van der Waals surface area contributed by atoms with Crippen LogP contribution in [0.15, 0.2) is 11.6 Å². The molecule has 0 aromatic carbocycles. The van der Waals surface area contributed by atoms with Crippen molar-refractivity contribution in [3.05, 3.63) is 11.6 Å². The van der Waals surface area contributed by atoms with Crippen LogP contribution in [0.2, 0.25) is 0 Å². The Bertz CT molecular complexity index is 449. The van der Waals surface area contributed by atoms with Gasteiger partial charge >= 0.3 is 0 Å². The lowest BCUT2D eigenvalue weighted by Gasteiger charge is -2.31. The van der Waals surface area contributed by atoms with Gasteiger partial charge in [-0.25, -0.2) is 0 Å². The van der Waals surface area contributed by atoms with Crippen LogP contribution >= 0.6 is 0 Å². The third-order valence-corrected chi connectivity index (χ3v) is 4.83. The van der Waals surface area contributed by atoms with Crippen LogP contribution in [-0.2, 0) is 9.59 Å². The van der Waals surface area contributed by atoms with Crippen LogP contribution in [0.25, 0.3) is 0 Å². The summed E-state index contributed by atoms with van der Waals surface area (Å²) < 4.78 is 0. The molecule has 0 aromatic heterocycles. The molecular formula is C16H26N2O2. The van der Waals surface area contributed by atoms with E-state index in [9.17, 15) is 9.59 Å². The van der Waals surface area contributed by atoms with E-state index in [2.05, 4.69) is 33.8 Å². The van der Waals surface area contributed by atoms with Crippen molar-refractivity contribution in [3.8, 4) is 0 Å². The number of piperidine rings is 1. The van der Waals surface area contributed by atoms with E-state index < -0.39 is 0 Å². The topological polar surface area (TPSA) is 63.4 Å². The Kier molecular flexibility index (Phi) is 3.94. The van der Waals surface area contributed by atoms with Gasteiger partial charge in [0.15, 0.2) is 0 Å². The first-order chi connectivity index (χ1) is 9.25. The first-order valence-corrected chi connectivity index (χ1v) is 7.48. The smallest absolute Gasteiger partial charge is 0.226 e. The lowest BCUT2D eigenvalue weighted by Crippen LogP contribution is -2.45.